The van der Waals surface area contributed by atoms with Crippen molar-refractivity contribution in [1.29, 1.82) is 0 Å². The van der Waals surface area contributed by atoms with Gasteiger partial charge in [-0.15, -0.1) is 24.8 Å². The Kier molecular flexibility index (Phi) is 9.55. The van der Waals surface area contributed by atoms with E-state index in [0.717, 1.165) is 12.4 Å². The van der Waals surface area contributed by atoms with Gasteiger partial charge in [0.25, 0.3) is 5.97 Å². The maximum Gasteiger partial charge on any atom is 0.300 e. The molecule has 0 atom stereocenters. The number of fused-ring (bicyclic) bond motifs is 1. The second kappa shape index (κ2) is 8.95. The van der Waals surface area contributed by atoms with Gasteiger partial charge in [-0.25, -0.2) is 0 Å². The lowest BCUT2D eigenvalue weighted by molar-refractivity contribution is -0.134. The van der Waals surface area contributed by atoms with Gasteiger partial charge in [-0.3, -0.25) is 9.78 Å². The zero-order chi connectivity index (χ0) is 10.4. The molecule has 0 aliphatic carbocycles. The Hall–Kier alpha value is -1.32. The first-order chi connectivity index (χ1) is 6.70. The van der Waals surface area contributed by atoms with Crippen LogP contribution in [-0.4, -0.2) is 16.1 Å². The third kappa shape index (κ3) is 6.22. The highest BCUT2D eigenvalue weighted by atomic mass is 35.5. The van der Waals surface area contributed by atoms with Gasteiger partial charge in [0.15, 0.2) is 0 Å². The van der Waals surface area contributed by atoms with Gasteiger partial charge in [0.2, 0.25) is 0 Å². The van der Waals surface area contributed by atoms with Crippen LogP contribution in [-0.2, 0) is 4.79 Å². The molecule has 5 heteroatoms. The topological polar surface area (TPSA) is 50.2 Å². The average Bonchev–Trinajstić information content (AvgIpc) is 2.17. The molecule has 1 aromatic heterocycles. The van der Waals surface area contributed by atoms with E-state index in [-0.39, 0.29) is 24.8 Å². The molecule has 0 saturated carbocycles. The Bertz CT molecular complexity index is 366. The number of aromatic nitrogens is 1. The summed E-state index contributed by atoms with van der Waals surface area (Å²) in [4.78, 5) is 13.2. The van der Waals surface area contributed by atoms with E-state index in [1.165, 1.54) is 5.39 Å². The van der Waals surface area contributed by atoms with Crippen molar-refractivity contribution in [2.75, 3.05) is 0 Å². The Morgan fingerprint density at radius 2 is 1.62 bits per heavy atom. The smallest absolute Gasteiger partial charge is 0.300 e. The van der Waals surface area contributed by atoms with Crippen LogP contribution in [0.2, 0.25) is 0 Å². The maximum absolute atomic E-state index is 9.00. The lowest BCUT2D eigenvalue weighted by Gasteiger charge is -1.91. The molecule has 88 valence electrons. The number of halogens is 2. The molecule has 0 unspecified atom stereocenters. The Morgan fingerprint density at radius 3 is 2.19 bits per heavy atom. The number of carboxylic acid groups (broad SMARTS) is 1. The van der Waals surface area contributed by atoms with Crippen molar-refractivity contribution in [1.82, 2.24) is 4.98 Å². The minimum atomic E-state index is -0.833. The van der Waals surface area contributed by atoms with E-state index in [4.69, 9.17) is 9.90 Å². The predicted octanol–water partition coefficient (Wildman–Crippen LogP) is 3.17. The van der Waals surface area contributed by atoms with Crippen LogP contribution in [0.25, 0.3) is 10.9 Å². The summed E-state index contributed by atoms with van der Waals surface area (Å²) in [5, 5.41) is 8.62. The largest absolute Gasteiger partial charge is 0.481 e. The van der Waals surface area contributed by atoms with E-state index in [1.54, 1.807) is 0 Å². The zero-order valence-electron chi connectivity index (χ0n) is 8.66. The number of carbonyl (C=O) groups is 1. The van der Waals surface area contributed by atoms with E-state index in [2.05, 4.69) is 17.1 Å². The second-order valence-corrected chi connectivity index (χ2v) is 2.72. The molecule has 1 aromatic carbocycles. The Morgan fingerprint density at radius 1 is 1.12 bits per heavy atom. The monoisotopic (exact) mass is 261 g/mol. The first-order valence-corrected chi connectivity index (χ1v) is 4.19. The summed E-state index contributed by atoms with van der Waals surface area (Å²) in [6, 6.07) is 12.1. The molecule has 0 saturated heterocycles. The number of para-hydroxylation sites is 1. The molecule has 0 aliphatic heterocycles. The highest BCUT2D eigenvalue weighted by molar-refractivity contribution is 5.85. The number of rotatable bonds is 0. The molecule has 2 rings (SSSR count). The van der Waals surface area contributed by atoms with E-state index in [0.29, 0.717) is 0 Å². The minimum Gasteiger partial charge on any atom is -0.481 e. The number of nitrogens with zero attached hydrogens (tertiary/aromatic N) is 1. The molecule has 0 spiro atoms. The van der Waals surface area contributed by atoms with Crippen molar-refractivity contribution in [3.8, 4) is 0 Å². The lowest BCUT2D eigenvalue weighted by Crippen LogP contribution is -1.78. The van der Waals surface area contributed by atoms with Gasteiger partial charge in [-0.2, -0.15) is 0 Å². The van der Waals surface area contributed by atoms with Crippen molar-refractivity contribution in [2.24, 2.45) is 0 Å². The van der Waals surface area contributed by atoms with Crippen molar-refractivity contribution in [3.05, 3.63) is 42.6 Å². The molecule has 1 heterocycles. The van der Waals surface area contributed by atoms with Crippen molar-refractivity contribution < 1.29 is 9.90 Å². The van der Waals surface area contributed by atoms with E-state index >= 15 is 0 Å². The molecule has 0 amide bonds. The summed E-state index contributed by atoms with van der Waals surface area (Å²) in [5.41, 5.74) is 1.06. The van der Waals surface area contributed by atoms with E-state index in [1.807, 2.05) is 30.5 Å². The van der Waals surface area contributed by atoms with Crippen LogP contribution in [0.1, 0.15) is 6.92 Å². The summed E-state index contributed by atoms with van der Waals surface area (Å²) in [6.07, 6.45) is 1.81. The van der Waals surface area contributed by atoms with Crippen LogP contribution in [0, 0.1) is 0 Å². The molecular formula is C11H13Cl2NO2. The molecular weight excluding hydrogens is 249 g/mol. The minimum absolute atomic E-state index is 0. The van der Waals surface area contributed by atoms with Gasteiger partial charge in [0.05, 0.1) is 5.52 Å². The fourth-order valence-corrected chi connectivity index (χ4v) is 1.02. The first-order valence-electron chi connectivity index (χ1n) is 4.19. The predicted molar refractivity (Wildman–Crippen MR) is 69.5 cm³/mol. The van der Waals surface area contributed by atoms with Crippen LogP contribution in [0.5, 0.6) is 0 Å². The third-order valence-corrected chi connectivity index (χ3v) is 1.51. The van der Waals surface area contributed by atoms with Gasteiger partial charge < -0.3 is 5.11 Å². The molecule has 0 bridgehead atoms. The summed E-state index contributed by atoms with van der Waals surface area (Å²) in [7, 11) is 0. The summed E-state index contributed by atoms with van der Waals surface area (Å²) in [5.74, 6) is -0.833. The molecule has 0 aliphatic rings. The van der Waals surface area contributed by atoms with Gasteiger partial charge in [0, 0.05) is 18.5 Å². The summed E-state index contributed by atoms with van der Waals surface area (Å²) in [6.45, 7) is 1.08. The van der Waals surface area contributed by atoms with Gasteiger partial charge in [-0.05, 0) is 12.1 Å². The molecule has 1 N–H and O–H groups in total. The van der Waals surface area contributed by atoms with Crippen LogP contribution in [0.4, 0.5) is 0 Å². The number of hydrogen-bond acceptors (Lipinski definition) is 2. The normalized spacial score (nSPS) is 7.81. The number of pyridine rings is 1. The third-order valence-electron chi connectivity index (χ3n) is 1.51. The zero-order valence-corrected chi connectivity index (χ0v) is 10.3. The fraction of sp³-hybridized carbons (Fsp3) is 0.0909. The first kappa shape index (κ1) is 17.1. The van der Waals surface area contributed by atoms with Gasteiger partial charge in [-0.1, -0.05) is 24.3 Å². The van der Waals surface area contributed by atoms with E-state index < -0.39 is 5.97 Å². The fourth-order valence-electron chi connectivity index (χ4n) is 1.02. The van der Waals surface area contributed by atoms with Crippen LogP contribution >= 0.6 is 24.8 Å². The molecule has 0 fully saturated rings. The molecule has 16 heavy (non-hydrogen) atoms. The lowest BCUT2D eigenvalue weighted by atomic mass is 10.2. The van der Waals surface area contributed by atoms with Crippen molar-refractivity contribution in [3.63, 3.8) is 0 Å². The quantitative estimate of drug-likeness (QED) is 0.793. The highest BCUT2D eigenvalue weighted by Gasteiger charge is 1.86. The number of benzene rings is 1. The van der Waals surface area contributed by atoms with Gasteiger partial charge >= 0.3 is 0 Å². The van der Waals surface area contributed by atoms with Crippen molar-refractivity contribution >= 4 is 41.7 Å². The Balaban J connectivity index is 0. The molecule has 3 nitrogen and oxygen atoms in total. The van der Waals surface area contributed by atoms with E-state index in [9.17, 15) is 0 Å². The second-order valence-electron chi connectivity index (χ2n) is 2.72. The SMILES string of the molecule is CC(=O)O.Cl.Cl.c1ccc2ncccc2c1. The highest BCUT2D eigenvalue weighted by Crippen LogP contribution is 2.07. The summed E-state index contributed by atoms with van der Waals surface area (Å²) >= 11 is 0. The Labute approximate surface area is 106 Å². The van der Waals surface area contributed by atoms with Gasteiger partial charge in [0.1, 0.15) is 0 Å². The number of carboxylic acids is 1. The average molecular weight is 262 g/mol. The standard InChI is InChI=1S/C9H7N.C2H4O2.2ClH/c1-2-6-9-8(4-1)5-3-7-10-9;1-2(3)4;;/h1-7H;1H3,(H,3,4);2*1H. The van der Waals surface area contributed by atoms with Crippen LogP contribution in [0.3, 0.4) is 0 Å². The molecule has 0 radical (unpaired) electrons. The maximum atomic E-state index is 9.00. The number of aliphatic carboxylic acids is 1. The summed E-state index contributed by atoms with van der Waals surface area (Å²) < 4.78 is 0. The van der Waals surface area contributed by atoms with Crippen molar-refractivity contribution in [2.45, 2.75) is 6.92 Å². The molecule has 2 aromatic rings. The van der Waals surface area contributed by atoms with Crippen LogP contribution < -0.4 is 0 Å². The van der Waals surface area contributed by atoms with Crippen LogP contribution in [0.15, 0.2) is 42.6 Å². The number of hydrogen-bond donors (Lipinski definition) is 1.